The third-order valence-electron chi connectivity index (χ3n) is 3.23. The Morgan fingerprint density at radius 2 is 2.11 bits per heavy atom. The highest BCUT2D eigenvalue weighted by molar-refractivity contribution is 7.85. The molecule has 5 nitrogen and oxygen atoms in total. The van der Waals surface area contributed by atoms with Crippen LogP contribution in [0.4, 0.5) is 5.69 Å². The van der Waals surface area contributed by atoms with Crippen molar-refractivity contribution in [1.29, 1.82) is 0 Å². The predicted octanol–water partition coefficient (Wildman–Crippen LogP) is 0.918. The van der Waals surface area contributed by atoms with Crippen LogP contribution in [0.5, 0.6) is 5.75 Å². The number of carbonyl (C=O) groups is 1. The number of benzene rings is 1. The summed E-state index contributed by atoms with van der Waals surface area (Å²) in [4.78, 5) is 12.2. The fraction of sp³-hybridized carbons (Fsp3) is 0.462. The van der Waals surface area contributed by atoms with Crippen LogP contribution in [0.1, 0.15) is 23.2 Å². The Morgan fingerprint density at radius 1 is 1.42 bits per heavy atom. The van der Waals surface area contributed by atoms with Gasteiger partial charge in [-0.15, -0.1) is 0 Å². The topological polar surface area (TPSA) is 81.4 Å². The molecule has 3 N–H and O–H groups in total. The largest absolute Gasteiger partial charge is 0.496 e. The lowest BCUT2D eigenvalue weighted by atomic mass is 10.1. The van der Waals surface area contributed by atoms with E-state index in [1.165, 1.54) is 7.11 Å². The molecule has 0 spiro atoms. The first-order chi connectivity index (χ1) is 9.11. The van der Waals surface area contributed by atoms with Crippen LogP contribution < -0.4 is 15.8 Å². The lowest BCUT2D eigenvalue weighted by molar-refractivity contribution is 0.0932. The molecule has 0 aromatic heterocycles. The summed E-state index contributed by atoms with van der Waals surface area (Å²) in [5.74, 6) is 1.53. The van der Waals surface area contributed by atoms with Crippen molar-refractivity contribution in [2.75, 3.05) is 24.3 Å². The number of nitrogens with one attached hydrogen (secondary N) is 1. The van der Waals surface area contributed by atoms with E-state index in [9.17, 15) is 9.00 Å². The van der Waals surface area contributed by atoms with Crippen LogP contribution in [0.3, 0.4) is 0 Å². The van der Waals surface area contributed by atoms with Crippen molar-refractivity contribution in [1.82, 2.24) is 5.32 Å². The Hall–Kier alpha value is -1.56. The normalized spacial score (nSPS) is 22.8. The first kappa shape index (κ1) is 13.9. The summed E-state index contributed by atoms with van der Waals surface area (Å²) in [6.07, 6.45) is 1.49. The van der Waals surface area contributed by atoms with Crippen molar-refractivity contribution in [3.63, 3.8) is 0 Å². The van der Waals surface area contributed by atoms with Crippen molar-refractivity contribution in [2.24, 2.45) is 0 Å². The van der Waals surface area contributed by atoms with Crippen molar-refractivity contribution in [3.8, 4) is 5.75 Å². The molecule has 104 valence electrons. The highest BCUT2D eigenvalue weighted by Crippen LogP contribution is 2.24. The van der Waals surface area contributed by atoms with E-state index in [0.29, 0.717) is 28.5 Å². The summed E-state index contributed by atoms with van der Waals surface area (Å²) >= 11 is 0. The second-order valence-corrected chi connectivity index (χ2v) is 6.22. The van der Waals surface area contributed by atoms with Gasteiger partial charge in [0.1, 0.15) is 11.3 Å². The summed E-state index contributed by atoms with van der Waals surface area (Å²) in [5.41, 5.74) is 6.61. The van der Waals surface area contributed by atoms with Gasteiger partial charge in [0.15, 0.2) is 0 Å². The Kier molecular flexibility index (Phi) is 4.42. The molecule has 2 rings (SSSR count). The minimum Gasteiger partial charge on any atom is -0.496 e. The number of rotatable bonds is 3. The molecule has 1 fully saturated rings. The molecule has 0 bridgehead atoms. The molecule has 0 saturated carbocycles. The molecule has 0 radical (unpaired) electrons. The smallest absolute Gasteiger partial charge is 0.257 e. The van der Waals surface area contributed by atoms with E-state index in [4.69, 9.17) is 10.5 Å². The maximum Gasteiger partial charge on any atom is 0.257 e. The lowest BCUT2D eigenvalue weighted by Gasteiger charge is -2.23. The van der Waals surface area contributed by atoms with Crippen LogP contribution in [-0.4, -0.2) is 34.8 Å². The molecule has 19 heavy (non-hydrogen) atoms. The van der Waals surface area contributed by atoms with E-state index >= 15 is 0 Å². The second kappa shape index (κ2) is 6.06. The van der Waals surface area contributed by atoms with Crippen LogP contribution in [0.25, 0.3) is 0 Å². The monoisotopic (exact) mass is 282 g/mol. The van der Waals surface area contributed by atoms with E-state index in [-0.39, 0.29) is 11.9 Å². The fourth-order valence-corrected chi connectivity index (χ4v) is 3.46. The highest BCUT2D eigenvalue weighted by atomic mass is 32.2. The Labute approximate surface area is 115 Å². The van der Waals surface area contributed by atoms with Gasteiger partial charge in [-0.2, -0.15) is 0 Å². The molecule has 1 aliphatic rings. The molecular formula is C13H18N2O3S. The van der Waals surface area contributed by atoms with Crippen molar-refractivity contribution in [2.45, 2.75) is 18.9 Å². The van der Waals surface area contributed by atoms with E-state index in [1.54, 1.807) is 18.2 Å². The second-order valence-electron chi connectivity index (χ2n) is 4.52. The number of hydrogen-bond donors (Lipinski definition) is 2. The summed E-state index contributed by atoms with van der Waals surface area (Å²) in [6.45, 7) is 0. The van der Waals surface area contributed by atoms with Gasteiger partial charge in [-0.25, -0.2) is 0 Å². The quantitative estimate of drug-likeness (QED) is 0.808. The maximum absolute atomic E-state index is 12.2. The van der Waals surface area contributed by atoms with Crippen LogP contribution in [-0.2, 0) is 10.8 Å². The van der Waals surface area contributed by atoms with Gasteiger partial charge in [-0.1, -0.05) is 6.07 Å². The van der Waals surface area contributed by atoms with Gasteiger partial charge in [-0.3, -0.25) is 9.00 Å². The predicted molar refractivity (Wildman–Crippen MR) is 75.8 cm³/mol. The van der Waals surface area contributed by atoms with Gasteiger partial charge in [0, 0.05) is 34.0 Å². The highest BCUT2D eigenvalue weighted by Gasteiger charge is 2.22. The summed E-state index contributed by atoms with van der Waals surface area (Å²) in [7, 11) is 0.778. The molecule has 1 aliphatic heterocycles. The number of anilines is 1. The van der Waals surface area contributed by atoms with E-state index < -0.39 is 10.8 Å². The third-order valence-corrected chi connectivity index (χ3v) is 4.61. The molecule has 0 aliphatic carbocycles. The number of hydrogen-bond acceptors (Lipinski definition) is 4. The average molecular weight is 282 g/mol. The van der Waals surface area contributed by atoms with Gasteiger partial charge >= 0.3 is 0 Å². The Morgan fingerprint density at radius 3 is 2.74 bits per heavy atom. The van der Waals surface area contributed by atoms with Crippen LogP contribution in [0.2, 0.25) is 0 Å². The SMILES string of the molecule is COc1cccc(N)c1C(=O)NC1CCS(=O)CC1. The zero-order chi connectivity index (χ0) is 13.8. The summed E-state index contributed by atoms with van der Waals surface area (Å²) < 4.78 is 16.4. The van der Waals surface area contributed by atoms with Gasteiger partial charge in [0.05, 0.1) is 7.11 Å². The first-order valence-corrected chi connectivity index (χ1v) is 7.69. The molecule has 1 aromatic rings. The standard InChI is InChI=1S/C13H18N2O3S/c1-18-11-4-2-3-10(14)12(11)13(16)15-9-5-7-19(17)8-6-9/h2-4,9H,5-8,14H2,1H3,(H,15,16). The zero-order valence-corrected chi connectivity index (χ0v) is 11.7. The van der Waals surface area contributed by atoms with Crippen molar-refractivity contribution in [3.05, 3.63) is 23.8 Å². The average Bonchev–Trinajstić information content (AvgIpc) is 2.40. The molecule has 0 atom stereocenters. The Balaban J connectivity index is 2.10. The molecule has 1 saturated heterocycles. The van der Waals surface area contributed by atoms with Gasteiger partial charge in [0.25, 0.3) is 5.91 Å². The number of nitrogen functional groups attached to an aromatic ring is 1. The summed E-state index contributed by atoms with van der Waals surface area (Å²) in [6, 6.07) is 5.19. The lowest BCUT2D eigenvalue weighted by Crippen LogP contribution is -2.39. The van der Waals surface area contributed by atoms with E-state index in [1.807, 2.05) is 0 Å². The molecule has 6 heteroatoms. The zero-order valence-electron chi connectivity index (χ0n) is 10.8. The molecule has 1 aromatic carbocycles. The van der Waals surface area contributed by atoms with Gasteiger partial charge in [-0.05, 0) is 25.0 Å². The summed E-state index contributed by atoms with van der Waals surface area (Å²) in [5, 5.41) is 2.94. The van der Waals surface area contributed by atoms with Crippen molar-refractivity contribution >= 4 is 22.4 Å². The van der Waals surface area contributed by atoms with E-state index in [2.05, 4.69) is 5.32 Å². The molecule has 0 unspecified atom stereocenters. The first-order valence-electron chi connectivity index (χ1n) is 6.20. The van der Waals surface area contributed by atoms with Crippen molar-refractivity contribution < 1.29 is 13.7 Å². The molecular weight excluding hydrogens is 264 g/mol. The van der Waals surface area contributed by atoms with Gasteiger partial charge in [0.2, 0.25) is 0 Å². The minimum absolute atomic E-state index is 0.0644. The number of methoxy groups -OCH3 is 1. The number of carbonyl (C=O) groups excluding carboxylic acids is 1. The van der Waals surface area contributed by atoms with Gasteiger partial charge < -0.3 is 15.8 Å². The Bertz CT molecular complexity index is 495. The minimum atomic E-state index is -0.731. The number of ether oxygens (including phenoxy) is 1. The molecule has 1 amide bonds. The van der Waals surface area contributed by atoms with Crippen LogP contribution in [0.15, 0.2) is 18.2 Å². The number of amides is 1. The van der Waals surface area contributed by atoms with Crippen LogP contribution >= 0.6 is 0 Å². The third kappa shape index (κ3) is 3.26. The number of nitrogens with two attached hydrogens (primary N) is 1. The fourth-order valence-electron chi connectivity index (χ4n) is 2.16. The maximum atomic E-state index is 12.2. The van der Waals surface area contributed by atoms with Crippen LogP contribution in [0, 0.1) is 0 Å². The molecule has 1 heterocycles. The van der Waals surface area contributed by atoms with E-state index in [0.717, 1.165) is 12.8 Å².